The smallest absolute Gasteiger partial charge is 0.168 e. The van der Waals surface area contributed by atoms with E-state index in [4.69, 9.17) is 27.9 Å². The number of benzene rings is 3. The Morgan fingerprint density at radius 3 is 2.48 bits per heavy atom. The minimum absolute atomic E-state index is 0.00127. The van der Waals surface area contributed by atoms with Gasteiger partial charge in [-0.1, -0.05) is 85.1 Å². The number of ether oxygens (including phenoxy) is 1. The molecule has 3 aromatic carbocycles. The second kappa shape index (κ2) is 8.61. The van der Waals surface area contributed by atoms with Crippen LogP contribution >= 0.6 is 23.2 Å². The molecule has 148 valence electrons. The van der Waals surface area contributed by atoms with Crippen LogP contribution in [-0.2, 0) is 13.0 Å². The van der Waals surface area contributed by atoms with Gasteiger partial charge in [-0.25, -0.2) is 0 Å². The Morgan fingerprint density at radius 2 is 1.72 bits per heavy atom. The first-order valence-electron chi connectivity index (χ1n) is 9.90. The number of halogens is 2. The number of hydrogen-bond donors (Lipinski definition) is 0. The molecule has 1 aliphatic rings. The summed E-state index contributed by atoms with van der Waals surface area (Å²) in [6.07, 6.45) is 2.54. The lowest BCUT2D eigenvalue weighted by Crippen LogP contribution is -2.08. The molecular weight excluding hydrogens is 403 g/mol. The van der Waals surface area contributed by atoms with Crippen molar-refractivity contribution in [1.29, 1.82) is 0 Å². The van der Waals surface area contributed by atoms with Gasteiger partial charge in [0.1, 0.15) is 17.4 Å². The number of hydrogen-bond acceptors (Lipinski definition) is 2. The summed E-state index contributed by atoms with van der Waals surface area (Å²) in [5.74, 6) is 0.641. The zero-order valence-corrected chi connectivity index (χ0v) is 17.8. The minimum Gasteiger partial charge on any atom is -0.487 e. The van der Waals surface area contributed by atoms with E-state index < -0.39 is 0 Å². The van der Waals surface area contributed by atoms with Crippen LogP contribution in [0.4, 0.5) is 0 Å². The van der Waals surface area contributed by atoms with E-state index in [1.165, 1.54) is 0 Å². The number of ketones is 1. The highest BCUT2D eigenvalue weighted by atomic mass is 35.5. The third-order valence-electron chi connectivity index (χ3n) is 5.40. The number of carbonyl (C=O) groups is 1. The second-order valence-corrected chi connectivity index (χ2v) is 8.20. The Kier molecular flexibility index (Phi) is 5.94. The van der Waals surface area contributed by atoms with Gasteiger partial charge in [0.15, 0.2) is 5.78 Å². The highest BCUT2D eigenvalue weighted by molar-refractivity contribution is 6.45. The molecule has 0 bridgehead atoms. The van der Waals surface area contributed by atoms with E-state index in [0.717, 1.165) is 35.1 Å². The van der Waals surface area contributed by atoms with Gasteiger partial charge in [-0.15, -0.1) is 0 Å². The summed E-state index contributed by atoms with van der Waals surface area (Å²) >= 11 is 12.9. The number of fused-ring (bicyclic) bond motifs is 1. The van der Waals surface area contributed by atoms with Gasteiger partial charge >= 0.3 is 0 Å². The average molecular weight is 425 g/mol. The normalized spacial score (nSPS) is 15.4. The summed E-state index contributed by atoms with van der Waals surface area (Å²) in [6, 6.07) is 20.3. The third kappa shape index (κ3) is 4.05. The van der Waals surface area contributed by atoms with Crippen LogP contribution in [0.25, 0.3) is 11.1 Å². The Bertz CT molecular complexity index is 1040. The van der Waals surface area contributed by atoms with Gasteiger partial charge in [0.25, 0.3) is 0 Å². The molecular formula is C25H22Cl2O2. The number of carbonyl (C=O) groups excluding carboxylic acids is 1. The van der Waals surface area contributed by atoms with E-state index in [2.05, 4.69) is 31.2 Å². The summed E-state index contributed by atoms with van der Waals surface area (Å²) in [7, 11) is 0. The molecule has 0 amide bonds. The van der Waals surface area contributed by atoms with Crippen molar-refractivity contribution < 1.29 is 9.53 Å². The predicted molar refractivity (Wildman–Crippen MR) is 119 cm³/mol. The molecule has 0 fully saturated rings. The van der Waals surface area contributed by atoms with Gasteiger partial charge in [0, 0.05) is 11.5 Å². The molecule has 4 heteroatoms. The van der Waals surface area contributed by atoms with E-state index in [1.807, 2.05) is 36.4 Å². The zero-order chi connectivity index (χ0) is 20.4. The molecule has 3 aromatic rings. The molecule has 0 radical (unpaired) electrons. The molecule has 2 nitrogen and oxygen atoms in total. The van der Waals surface area contributed by atoms with Crippen molar-refractivity contribution in [2.24, 2.45) is 5.92 Å². The Balaban J connectivity index is 1.55. The molecule has 0 aromatic heterocycles. The van der Waals surface area contributed by atoms with Crippen LogP contribution in [0.1, 0.15) is 41.3 Å². The molecule has 1 aliphatic carbocycles. The van der Waals surface area contributed by atoms with E-state index in [-0.39, 0.29) is 11.7 Å². The fraction of sp³-hybridized carbons (Fsp3) is 0.240. The van der Waals surface area contributed by atoms with E-state index >= 15 is 0 Å². The first-order chi connectivity index (χ1) is 14.1. The summed E-state index contributed by atoms with van der Waals surface area (Å²) < 4.78 is 6.02. The molecule has 1 unspecified atom stereocenters. The van der Waals surface area contributed by atoms with Crippen LogP contribution in [0, 0.1) is 5.92 Å². The molecule has 0 N–H and O–H groups in total. The molecule has 0 saturated heterocycles. The predicted octanol–water partition coefficient (Wildman–Crippen LogP) is 7.39. The molecule has 0 saturated carbocycles. The van der Waals surface area contributed by atoms with Crippen LogP contribution < -0.4 is 4.74 Å². The fourth-order valence-corrected chi connectivity index (χ4v) is 4.47. The summed E-state index contributed by atoms with van der Waals surface area (Å²) in [5, 5.41) is 0.635. The lowest BCUT2D eigenvalue weighted by Gasteiger charge is -2.13. The maximum absolute atomic E-state index is 12.6. The third-order valence-corrected chi connectivity index (χ3v) is 6.25. The molecule has 1 atom stereocenters. The van der Waals surface area contributed by atoms with Gasteiger partial charge in [-0.3, -0.25) is 4.79 Å². The first-order valence-corrected chi connectivity index (χ1v) is 10.7. The average Bonchev–Trinajstić information content (AvgIpc) is 3.06. The van der Waals surface area contributed by atoms with Gasteiger partial charge in [-0.05, 0) is 47.2 Å². The van der Waals surface area contributed by atoms with Crippen molar-refractivity contribution in [2.45, 2.75) is 32.8 Å². The minimum atomic E-state index is 0.00127. The number of rotatable bonds is 6. The van der Waals surface area contributed by atoms with Gasteiger partial charge in [0.2, 0.25) is 0 Å². The van der Waals surface area contributed by atoms with Crippen molar-refractivity contribution in [2.75, 3.05) is 0 Å². The van der Waals surface area contributed by atoms with Crippen molar-refractivity contribution in [3.8, 4) is 16.9 Å². The van der Waals surface area contributed by atoms with Crippen LogP contribution in [0.2, 0.25) is 10.0 Å². The van der Waals surface area contributed by atoms with Crippen molar-refractivity contribution in [1.82, 2.24) is 0 Å². The molecule has 4 rings (SSSR count). The highest BCUT2D eigenvalue weighted by Crippen LogP contribution is 2.43. The largest absolute Gasteiger partial charge is 0.487 e. The number of Topliss-reactive ketones (excluding diaryl/α,β-unsaturated/α-hetero) is 1. The lowest BCUT2D eigenvalue weighted by atomic mass is 10.00. The first kappa shape index (κ1) is 20.0. The van der Waals surface area contributed by atoms with Gasteiger partial charge in [0.05, 0.1) is 5.02 Å². The Labute approximate surface area is 181 Å². The summed E-state index contributed by atoms with van der Waals surface area (Å²) in [4.78, 5) is 12.6. The molecule has 29 heavy (non-hydrogen) atoms. The maximum atomic E-state index is 12.6. The van der Waals surface area contributed by atoms with Gasteiger partial charge in [-0.2, -0.15) is 0 Å². The van der Waals surface area contributed by atoms with Crippen LogP contribution in [-0.4, -0.2) is 5.78 Å². The van der Waals surface area contributed by atoms with Crippen molar-refractivity contribution in [3.05, 3.63) is 87.4 Å². The molecule has 0 spiro atoms. The van der Waals surface area contributed by atoms with Crippen molar-refractivity contribution in [3.63, 3.8) is 0 Å². The topological polar surface area (TPSA) is 26.3 Å². The Morgan fingerprint density at radius 1 is 0.966 bits per heavy atom. The fourth-order valence-electron chi connectivity index (χ4n) is 3.96. The van der Waals surface area contributed by atoms with E-state index in [1.54, 1.807) is 0 Å². The quantitative estimate of drug-likeness (QED) is 0.411. The zero-order valence-electron chi connectivity index (χ0n) is 16.3. The van der Waals surface area contributed by atoms with Crippen LogP contribution in [0.5, 0.6) is 5.75 Å². The standard InChI is InChI=1S/C25H22Cl2O2/c1-2-7-19-13-20-14-21(23(26)24(27)22(20)25(19)28)29-15-16-8-6-11-18(12-16)17-9-4-3-5-10-17/h3-6,8-12,14,19H,2,7,13,15H2,1H3. The molecule has 0 heterocycles. The summed E-state index contributed by atoms with van der Waals surface area (Å²) in [5.41, 5.74) is 4.86. The maximum Gasteiger partial charge on any atom is 0.168 e. The second-order valence-electron chi connectivity index (χ2n) is 7.45. The van der Waals surface area contributed by atoms with Crippen LogP contribution in [0.3, 0.4) is 0 Å². The highest BCUT2D eigenvalue weighted by Gasteiger charge is 2.34. The van der Waals surface area contributed by atoms with E-state index in [9.17, 15) is 4.79 Å². The SMILES string of the molecule is CCCC1Cc2cc(OCc3cccc(-c4ccccc4)c3)c(Cl)c(Cl)c2C1=O. The Hall–Kier alpha value is -2.29. The van der Waals surface area contributed by atoms with E-state index in [0.29, 0.717) is 34.4 Å². The van der Waals surface area contributed by atoms with Crippen LogP contribution in [0.15, 0.2) is 60.7 Å². The van der Waals surface area contributed by atoms with Crippen molar-refractivity contribution >= 4 is 29.0 Å². The summed E-state index contributed by atoms with van der Waals surface area (Å²) in [6.45, 7) is 2.46. The lowest BCUT2D eigenvalue weighted by molar-refractivity contribution is 0.0930. The van der Waals surface area contributed by atoms with Gasteiger partial charge < -0.3 is 4.74 Å². The molecule has 0 aliphatic heterocycles. The monoisotopic (exact) mass is 424 g/mol.